The summed E-state index contributed by atoms with van der Waals surface area (Å²) in [6.45, 7) is 7.13. The lowest BCUT2D eigenvalue weighted by atomic mass is 10.1. The van der Waals surface area contributed by atoms with Gasteiger partial charge >= 0.3 is 18.0 Å². The van der Waals surface area contributed by atoms with Crippen molar-refractivity contribution in [1.29, 1.82) is 0 Å². The summed E-state index contributed by atoms with van der Waals surface area (Å²) in [5.74, 6) is -2.04. The van der Waals surface area contributed by atoms with Gasteiger partial charge in [-0.25, -0.2) is 18.8 Å². The van der Waals surface area contributed by atoms with Gasteiger partial charge in [0.1, 0.15) is 17.1 Å². The molecule has 0 N–H and O–H groups in total. The SMILES string of the molecule is COC(=O)C1=C(C(=O)OC)N(c2cc(F)ccc2N2CCN(C(=O)OC(C)(C)C)CC2)C=CC=C1. The molecule has 10 heteroatoms. The van der Waals surface area contributed by atoms with E-state index in [0.29, 0.717) is 37.6 Å². The van der Waals surface area contributed by atoms with Crippen LogP contribution in [0.5, 0.6) is 0 Å². The van der Waals surface area contributed by atoms with Crippen molar-refractivity contribution in [1.82, 2.24) is 4.90 Å². The number of esters is 2. The zero-order chi connectivity index (χ0) is 25.8. The molecule has 0 unspecified atom stereocenters. The van der Waals surface area contributed by atoms with Crippen LogP contribution in [0.2, 0.25) is 0 Å². The maximum absolute atomic E-state index is 14.5. The van der Waals surface area contributed by atoms with E-state index in [4.69, 9.17) is 14.2 Å². The number of hydrogen-bond acceptors (Lipinski definition) is 8. The summed E-state index contributed by atoms with van der Waals surface area (Å²) in [6, 6.07) is 4.21. The second kappa shape index (κ2) is 10.6. The number of anilines is 2. The number of methoxy groups -OCH3 is 2. The predicted octanol–water partition coefficient (Wildman–Crippen LogP) is 3.37. The Labute approximate surface area is 204 Å². The van der Waals surface area contributed by atoms with Crippen molar-refractivity contribution in [2.75, 3.05) is 50.2 Å². The molecule has 0 bridgehead atoms. The molecule has 9 nitrogen and oxygen atoms in total. The number of benzene rings is 1. The normalized spacial score (nSPS) is 16.2. The zero-order valence-corrected chi connectivity index (χ0v) is 20.5. The average molecular weight is 488 g/mol. The Morgan fingerprint density at radius 3 is 2.17 bits per heavy atom. The molecule has 1 saturated heterocycles. The maximum atomic E-state index is 14.5. The lowest BCUT2D eigenvalue weighted by Gasteiger charge is -2.38. The van der Waals surface area contributed by atoms with Gasteiger partial charge in [0, 0.05) is 32.4 Å². The molecule has 0 radical (unpaired) electrons. The molecular formula is C25H30FN3O6. The number of amides is 1. The third kappa shape index (κ3) is 6.00. The molecule has 1 aromatic rings. The van der Waals surface area contributed by atoms with Gasteiger partial charge in [-0.15, -0.1) is 0 Å². The number of piperazine rings is 1. The second-order valence-electron chi connectivity index (χ2n) is 8.90. The molecular weight excluding hydrogens is 457 g/mol. The van der Waals surface area contributed by atoms with Crippen LogP contribution in [-0.4, -0.2) is 68.9 Å². The van der Waals surface area contributed by atoms with Crippen molar-refractivity contribution < 1.29 is 33.0 Å². The lowest BCUT2D eigenvalue weighted by molar-refractivity contribution is -0.139. The van der Waals surface area contributed by atoms with E-state index in [1.165, 1.54) is 37.3 Å². The third-order valence-electron chi connectivity index (χ3n) is 5.36. The molecule has 0 aliphatic carbocycles. The van der Waals surface area contributed by atoms with Gasteiger partial charge in [-0.2, -0.15) is 0 Å². The van der Waals surface area contributed by atoms with Crippen molar-refractivity contribution in [2.24, 2.45) is 0 Å². The highest BCUT2D eigenvalue weighted by Crippen LogP contribution is 2.36. The molecule has 0 saturated carbocycles. The van der Waals surface area contributed by atoms with E-state index < -0.39 is 29.5 Å². The average Bonchev–Trinajstić information content (AvgIpc) is 3.05. The molecule has 2 heterocycles. The summed E-state index contributed by atoms with van der Waals surface area (Å²) < 4.78 is 29.7. The van der Waals surface area contributed by atoms with Crippen molar-refractivity contribution in [3.63, 3.8) is 0 Å². The van der Waals surface area contributed by atoms with E-state index in [0.717, 1.165) is 0 Å². The Hall–Kier alpha value is -3.82. The monoisotopic (exact) mass is 487 g/mol. The second-order valence-corrected chi connectivity index (χ2v) is 8.90. The van der Waals surface area contributed by atoms with Crippen molar-refractivity contribution in [3.8, 4) is 0 Å². The van der Waals surface area contributed by atoms with Crippen LogP contribution < -0.4 is 9.80 Å². The number of carbonyl (C=O) groups is 3. The van der Waals surface area contributed by atoms with Crippen molar-refractivity contribution in [3.05, 3.63) is 59.7 Å². The van der Waals surface area contributed by atoms with E-state index in [1.54, 1.807) is 29.3 Å². The molecule has 188 valence electrons. The Kier molecular flexibility index (Phi) is 7.83. The minimum absolute atomic E-state index is 0.0330. The summed E-state index contributed by atoms with van der Waals surface area (Å²) in [5, 5.41) is 0. The summed E-state index contributed by atoms with van der Waals surface area (Å²) in [7, 11) is 2.40. The number of rotatable bonds is 4. The number of ether oxygens (including phenoxy) is 3. The van der Waals surface area contributed by atoms with Gasteiger partial charge in [-0.1, -0.05) is 6.08 Å². The number of carbonyl (C=O) groups excluding carboxylic acids is 3. The van der Waals surface area contributed by atoms with E-state index in [-0.39, 0.29) is 11.3 Å². The lowest BCUT2D eigenvalue weighted by Crippen LogP contribution is -2.50. The fraction of sp³-hybridized carbons (Fsp3) is 0.400. The fourth-order valence-corrected chi connectivity index (χ4v) is 3.76. The standard InChI is InChI=1S/C25H30FN3O6/c1-25(2,3)35-24(32)28-14-12-27(13-15-28)19-10-9-17(26)16-20(19)29-11-7-6-8-18(22(30)33-4)21(29)23(31)34-5/h6-11,16H,12-15H2,1-5H3. The van der Waals surface area contributed by atoms with Crippen LogP contribution in [0.4, 0.5) is 20.6 Å². The quantitative estimate of drug-likeness (QED) is 0.472. The van der Waals surface area contributed by atoms with Crippen LogP contribution in [0.25, 0.3) is 0 Å². The molecule has 1 aromatic carbocycles. The first-order valence-electron chi connectivity index (χ1n) is 11.1. The Morgan fingerprint density at radius 1 is 0.914 bits per heavy atom. The molecule has 2 aliphatic heterocycles. The minimum atomic E-state index is -0.786. The third-order valence-corrected chi connectivity index (χ3v) is 5.36. The molecule has 1 fully saturated rings. The van der Waals surface area contributed by atoms with Crippen LogP contribution in [0.15, 0.2) is 53.9 Å². The first-order chi connectivity index (χ1) is 16.6. The van der Waals surface area contributed by atoms with E-state index in [2.05, 4.69) is 0 Å². The van der Waals surface area contributed by atoms with Gasteiger partial charge in [0.15, 0.2) is 0 Å². The first kappa shape index (κ1) is 25.8. The minimum Gasteiger partial charge on any atom is -0.465 e. The predicted molar refractivity (Wildman–Crippen MR) is 128 cm³/mol. The van der Waals surface area contributed by atoms with Gasteiger partial charge in [0.05, 0.1) is 31.2 Å². The molecule has 1 amide bonds. The van der Waals surface area contributed by atoms with Crippen LogP contribution >= 0.6 is 0 Å². The Bertz CT molecular complexity index is 1080. The molecule has 35 heavy (non-hydrogen) atoms. The number of nitrogens with zero attached hydrogens (tertiary/aromatic N) is 3. The van der Waals surface area contributed by atoms with Crippen molar-refractivity contribution >= 4 is 29.4 Å². The highest BCUT2D eigenvalue weighted by molar-refractivity contribution is 6.06. The van der Waals surface area contributed by atoms with Gasteiger partial charge in [0.25, 0.3) is 0 Å². The highest BCUT2D eigenvalue weighted by Gasteiger charge is 2.31. The molecule has 3 rings (SSSR count). The number of hydrogen-bond donors (Lipinski definition) is 0. The van der Waals surface area contributed by atoms with E-state index >= 15 is 0 Å². The van der Waals surface area contributed by atoms with Crippen LogP contribution in [0.1, 0.15) is 20.8 Å². The zero-order valence-electron chi connectivity index (χ0n) is 20.5. The van der Waals surface area contributed by atoms with Crippen LogP contribution in [0, 0.1) is 5.82 Å². The van der Waals surface area contributed by atoms with Gasteiger partial charge < -0.3 is 28.9 Å². The van der Waals surface area contributed by atoms with Gasteiger partial charge in [-0.05, 0) is 51.1 Å². The molecule has 0 spiro atoms. The van der Waals surface area contributed by atoms with Crippen molar-refractivity contribution in [2.45, 2.75) is 26.4 Å². The molecule has 2 aliphatic rings. The van der Waals surface area contributed by atoms with Gasteiger partial charge in [-0.3, -0.25) is 0 Å². The van der Waals surface area contributed by atoms with E-state index in [1.807, 2.05) is 25.7 Å². The summed E-state index contributed by atoms with van der Waals surface area (Å²) in [6.07, 6.45) is 5.79. The highest BCUT2D eigenvalue weighted by atomic mass is 19.1. The Balaban J connectivity index is 1.97. The maximum Gasteiger partial charge on any atom is 0.410 e. The summed E-state index contributed by atoms with van der Waals surface area (Å²) in [5.41, 5.74) is 0.210. The summed E-state index contributed by atoms with van der Waals surface area (Å²) >= 11 is 0. The molecule has 0 atom stereocenters. The summed E-state index contributed by atoms with van der Waals surface area (Å²) in [4.78, 5) is 42.7. The fourth-order valence-electron chi connectivity index (χ4n) is 3.76. The Morgan fingerprint density at radius 2 is 1.57 bits per heavy atom. The number of allylic oxidation sites excluding steroid dienone is 2. The number of halogens is 1. The topological polar surface area (TPSA) is 88.6 Å². The largest absolute Gasteiger partial charge is 0.465 e. The first-order valence-corrected chi connectivity index (χ1v) is 11.1. The smallest absolute Gasteiger partial charge is 0.410 e. The molecule has 0 aromatic heterocycles. The van der Waals surface area contributed by atoms with Crippen LogP contribution in [-0.2, 0) is 23.8 Å². The van der Waals surface area contributed by atoms with Crippen LogP contribution in [0.3, 0.4) is 0 Å². The van der Waals surface area contributed by atoms with Gasteiger partial charge in [0.2, 0.25) is 0 Å². The van der Waals surface area contributed by atoms with E-state index in [9.17, 15) is 18.8 Å².